The van der Waals surface area contributed by atoms with Gasteiger partial charge in [-0.25, -0.2) is 14.2 Å². The molecular formula is C20H23BClFN4O2. The molecular weight excluding hydrogens is 394 g/mol. The summed E-state index contributed by atoms with van der Waals surface area (Å²) in [6.45, 7) is 5.05. The lowest BCUT2D eigenvalue weighted by molar-refractivity contribution is 0.236. The molecule has 1 aromatic carbocycles. The van der Waals surface area contributed by atoms with Crippen molar-refractivity contribution < 1.29 is 14.2 Å². The van der Waals surface area contributed by atoms with E-state index in [2.05, 4.69) is 4.98 Å². The van der Waals surface area contributed by atoms with Gasteiger partial charge >= 0.3 is 13.1 Å². The average molecular weight is 417 g/mol. The first-order valence-corrected chi connectivity index (χ1v) is 10.2. The highest BCUT2D eigenvalue weighted by atomic mass is 35.5. The minimum absolute atomic E-state index is 0.155. The zero-order chi connectivity index (χ0) is 20.7. The van der Waals surface area contributed by atoms with E-state index in [-0.39, 0.29) is 24.3 Å². The van der Waals surface area contributed by atoms with Crippen LogP contribution in [0.3, 0.4) is 0 Å². The number of aryl methyl sites for hydroxylation is 1. The number of carbonyl (C=O) groups excluding carboxylic acids is 1. The number of piperidine rings is 1. The second kappa shape index (κ2) is 7.93. The smallest absolute Gasteiger partial charge is 0.376 e. The molecule has 9 heteroatoms. The molecule has 2 amide bonds. The van der Waals surface area contributed by atoms with Gasteiger partial charge in [0.25, 0.3) is 0 Å². The number of para-hydroxylation sites is 1. The van der Waals surface area contributed by atoms with E-state index in [0.717, 1.165) is 24.9 Å². The van der Waals surface area contributed by atoms with Crippen LogP contribution in [0.15, 0.2) is 30.5 Å². The minimum Gasteiger partial charge on any atom is -0.437 e. The van der Waals surface area contributed by atoms with E-state index in [1.807, 2.05) is 4.81 Å². The molecule has 0 bridgehead atoms. The summed E-state index contributed by atoms with van der Waals surface area (Å²) in [5, 5.41) is 10.3. The number of pyridine rings is 1. The highest BCUT2D eigenvalue weighted by molar-refractivity contribution is 6.45. The van der Waals surface area contributed by atoms with Crippen molar-refractivity contribution in [1.29, 1.82) is 0 Å². The fourth-order valence-electron chi connectivity index (χ4n) is 4.29. The lowest BCUT2D eigenvalue weighted by atomic mass is 9.82. The first kappa shape index (κ1) is 20.1. The molecule has 1 N–H and O–H groups in total. The molecule has 1 fully saturated rings. The van der Waals surface area contributed by atoms with Crippen LogP contribution in [0.5, 0.6) is 0 Å². The lowest BCUT2D eigenvalue weighted by Crippen LogP contribution is -2.58. The topological polar surface area (TPSA) is 59.9 Å². The van der Waals surface area contributed by atoms with Crippen molar-refractivity contribution in [2.75, 3.05) is 22.9 Å². The lowest BCUT2D eigenvalue weighted by Gasteiger charge is -2.45. The summed E-state index contributed by atoms with van der Waals surface area (Å²) in [7, 11) is -0.594. The molecule has 1 atom stereocenters. The summed E-state index contributed by atoms with van der Waals surface area (Å²) in [5.74, 6) is -0.432. The number of aromatic nitrogens is 1. The van der Waals surface area contributed by atoms with E-state index in [0.29, 0.717) is 22.9 Å². The number of fused-ring (bicyclic) bond motifs is 1. The number of hydrogen-bond acceptors (Lipinski definition) is 4. The van der Waals surface area contributed by atoms with Crippen LogP contribution in [0, 0.1) is 12.7 Å². The van der Waals surface area contributed by atoms with E-state index in [1.165, 1.54) is 11.0 Å². The maximum atomic E-state index is 14.7. The number of carbonyl (C=O) groups is 1. The Morgan fingerprint density at radius 3 is 2.90 bits per heavy atom. The standard InChI is InChI=1S/C20H23BClFN4O2/c1-13-5-3-7-16(23)19(13)26-11-14-10-24-18(22)9-17(14)27(20(26)28)15-6-4-8-25(12-15)21(2)29/h3,5,7,9-10,15,29H,4,6,8,11-12H2,1-2H3/t15-/m1/s1. The predicted octanol–water partition coefficient (Wildman–Crippen LogP) is 3.70. The third-order valence-corrected chi connectivity index (χ3v) is 5.94. The summed E-state index contributed by atoms with van der Waals surface area (Å²) in [5.41, 5.74) is 2.49. The van der Waals surface area contributed by atoms with Gasteiger partial charge in [-0.05, 0) is 50.8 Å². The fraction of sp³-hybridized carbons (Fsp3) is 0.400. The van der Waals surface area contributed by atoms with Crippen molar-refractivity contribution in [3.63, 3.8) is 0 Å². The van der Waals surface area contributed by atoms with Gasteiger partial charge in [0.2, 0.25) is 0 Å². The van der Waals surface area contributed by atoms with Crippen LogP contribution in [0.2, 0.25) is 12.0 Å². The van der Waals surface area contributed by atoms with Gasteiger partial charge in [0, 0.05) is 18.3 Å². The second-order valence-electron chi connectivity index (χ2n) is 7.70. The molecule has 0 spiro atoms. The van der Waals surface area contributed by atoms with Crippen molar-refractivity contribution in [1.82, 2.24) is 9.79 Å². The Hall–Kier alpha value is -2.16. The van der Waals surface area contributed by atoms with Crippen LogP contribution in [0.25, 0.3) is 0 Å². The summed E-state index contributed by atoms with van der Waals surface area (Å²) < 4.78 is 14.7. The first-order chi connectivity index (χ1) is 13.9. The van der Waals surface area contributed by atoms with E-state index in [4.69, 9.17) is 11.6 Å². The van der Waals surface area contributed by atoms with Crippen molar-refractivity contribution >= 4 is 36.1 Å². The van der Waals surface area contributed by atoms with E-state index in [9.17, 15) is 14.2 Å². The van der Waals surface area contributed by atoms with Gasteiger partial charge in [0.1, 0.15) is 11.0 Å². The van der Waals surface area contributed by atoms with Gasteiger partial charge in [-0.15, -0.1) is 0 Å². The average Bonchev–Trinajstić information content (AvgIpc) is 2.68. The Labute approximate surface area is 175 Å². The number of anilines is 2. The Morgan fingerprint density at radius 1 is 1.38 bits per heavy atom. The zero-order valence-electron chi connectivity index (χ0n) is 16.5. The molecule has 4 rings (SSSR count). The molecule has 1 saturated heterocycles. The quantitative estimate of drug-likeness (QED) is 0.612. The Morgan fingerprint density at radius 2 is 2.17 bits per heavy atom. The zero-order valence-corrected chi connectivity index (χ0v) is 17.2. The summed E-state index contributed by atoms with van der Waals surface area (Å²) >= 11 is 6.14. The van der Waals surface area contributed by atoms with Gasteiger partial charge in [-0.2, -0.15) is 0 Å². The molecule has 0 saturated carbocycles. The Balaban J connectivity index is 1.78. The van der Waals surface area contributed by atoms with Crippen molar-refractivity contribution in [2.24, 2.45) is 0 Å². The largest absolute Gasteiger partial charge is 0.437 e. The van der Waals surface area contributed by atoms with Gasteiger partial charge in [0.05, 0.1) is 24.0 Å². The number of benzene rings is 1. The predicted molar refractivity (Wildman–Crippen MR) is 113 cm³/mol. The molecule has 0 radical (unpaired) electrons. The molecule has 0 aliphatic carbocycles. The van der Waals surface area contributed by atoms with E-state index in [1.54, 1.807) is 43.0 Å². The number of amides is 2. The molecule has 29 heavy (non-hydrogen) atoms. The first-order valence-electron chi connectivity index (χ1n) is 9.79. The van der Waals surface area contributed by atoms with E-state index < -0.39 is 12.9 Å². The third kappa shape index (κ3) is 3.72. The molecule has 0 unspecified atom stereocenters. The SMILES string of the molecule is CB(O)N1CCC[C@@H](N2C(=O)N(c3c(C)cccc3F)Cc3cnc(Cl)cc32)C1. The van der Waals surface area contributed by atoms with Crippen LogP contribution in [0.1, 0.15) is 24.0 Å². The van der Waals surface area contributed by atoms with Gasteiger partial charge in [-0.1, -0.05) is 23.7 Å². The van der Waals surface area contributed by atoms with Crippen molar-refractivity contribution in [3.8, 4) is 0 Å². The molecule has 2 aliphatic rings. The molecule has 2 aliphatic heterocycles. The molecule has 1 aromatic heterocycles. The maximum Gasteiger partial charge on any atom is 0.376 e. The third-order valence-electron chi connectivity index (χ3n) is 5.73. The van der Waals surface area contributed by atoms with Crippen molar-refractivity contribution in [2.45, 2.75) is 39.2 Å². The van der Waals surface area contributed by atoms with Crippen LogP contribution in [-0.2, 0) is 6.54 Å². The fourth-order valence-corrected chi connectivity index (χ4v) is 4.44. The molecule has 3 heterocycles. The Bertz CT molecular complexity index is 924. The highest BCUT2D eigenvalue weighted by Crippen LogP contribution is 2.37. The van der Waals surface area contributed by atoms with Gasteiger partial charge < -0.3 is 9.83 Å². The minimum atomic E-state index is -0.594. The van der Waals surface area contributed by atoms with E-state index >= 15 is 0 Å². The number of hydrogen-bond donors (Lipinski definition) is 1. The molecule has 6 nitrogen and oxygen atoms in total. The Kier molecular flexibility index (Phi) is 5.51. The van der Waals surface area contributed by atoms with Crippen LogP contribution >= 0.6 is 11.6 Å². The normalized spacial score (nSPS) is 20.0. The summed E-state index contributed by atoms with van der Waals surface area (Å²) in [6.07, 6.45) is 3.29. The second-order valence-corrected chi connectivity index (χ2v) is 8.09. The molecule has 2 aromatic rings. The monoisotopic (exact) mass is 416 g/mol. The number of urea groups is 1. The van der Waals surface area contributed by atoms with Crippen molar-refractivity contribution in [3.05, 3.63) is 52.6 Å². The number of rotatable bonds is 3. The highest BCUT2D eigenvalue weighted by Gasteiger charge is 2.39. The molecule has 152 valence electrons. The van der Waals surface area contributed by atoms with Crippen LogP contribution in [-0.4, -0.2) is 47.0 Å². The summed E-state index contributed by atoms with van der Waals surface area (Å²) in [4.78, 5) is 22.9. The number of nitrogens with zero attached hydrogens (tertiary/aromatic N) is 4. The van der Waals surface area contributed by atoms with Crippen LogP contribution in [0.4, 0.5) is 20.6 Å². The van der Waals surface area contributed by atoms with Gasteiger partial charge in [0.15, 0.2) is 0 Å². The summed E-state index contributed by atoms with van der Waals surface area (Å²) in [6, 6.07) is 6.05. The maximum absolute atomic E-state index is 14.7. The van der Waals surface area contributed by atoms with Gasteiger partial charge in [-0.3, -0.25) is 9.80 Å². The van der Waals surface area contributed by atoms with Crippen LogP contribution < -0.4 is 9.80 Å². The number of halogens is 2.